The molecule has 1 saturated heterocycles. The van der Waals surface area contributed by atoms with E-state index in [1.165, 1.54) is 5.39 Å². The first-order valence-electron chi connectivity index (χ1n) is 10.9. The first-order chi connectivity index (χ1) is 15.4. The van der Waals surface area contributed by atoms with Crippen molar-refractivity contribution >= 4 is 32.5 Å². The van der Waals surface area contributed by atoms with Gasteiger partial charge in [0.1, 0.15) is 4.90 Å². The summed E-state index contributed by atoms with van der Waals surface area (Å²) in [4.78, 5) is 15.2. The van der Waals surface area contributed by atoms with Crippen LogP contribution in [0, 0.1) is 5.92 Å². The largest absolute Gasteiger partial charge is 0.355 e. The lowest BCUT2D eigenvalue weighted by molar-refractivity contribution is -0.126. The van der Waals surface area contributed by atoms with Crippen LogP contribution in [-0.4, -0.2) is 38.2 Å². The van der Waals surface area contributed by atoms with E-state index in [1.54, 1.807) is 18.2 Å². The topological polar surface area (TPSA) is 78.8 Å². The predicted molar refractivity (Wildman–Crippen MR) is 125 cm³/mol. The van der Waals surface area contributed by atoms with Crippen molar-refractivity contribution in [1.29, 1.82) is 0 Å². The number of carbonyl (C=O) groups excluding carboxylic acids is 1. The average molecular weight is 448 g/mol. The molecule has 6 nitrogen and oxygen atoms in total. The Morgan fingerprint density at radius 1 is 1.00 bits per heavy atom. The van der Waals surface area contributed by atoms with E-state index in [0.29, 0.717) is 37.3 Å². The molecule has 5 rings (SSSR count). The summed E-state index contributed by atoms with van der Waals surface area (Å²) in [5, 5.41) is 5.50. The summed E-state index contributed by atoms with van der Waals surface area (Å²) < 4.78 is 28.7. The van der Waals surface area contributed by atoms with Gasteiger partial charge < -0.3 is 10.2 Å². The SMILES string of the molecule is CC(NC(=O)C1CCN(C2=NS(=O)(=O)c3ccccc32)CC1)c1ccc2ccccc2c1. The number of hydrogen-bond acceptors (Lipinski definition) is 4. The molecule has 1 N–H and O–H groups in total. The number of amidine groups is 1. The van der Waals surface area contributed by atoms with E-state index < -0.39 is 10.0 Å². The minimum absolute atomic E-state index is 0.0479. The molecule has 0 saturated carbocycles. The summed E-state index contributed by atoms with van der Waals surface area (Å²) in [6.45, 7) is 3.21. The van der Waals surface area contributed by atoms with Crippen molar-refractivity contribution in [3.8, 4) is 0 Å². The summed E-state index contributed by atoms with van der Waals surface area (Å²) >= 11 is 0. The minimum atomic E-state index is -3.63. The van der Waals surface area contributed by atoms with Gasteiger partial charge in [-0.2, -0.15) is 8.42 Å². The summed E-state index contributed by atoms with van der Waals surface area (Å²) in [5.74, 6) is 0.457. The summed E-state index contributed by atoms with van der Waals surface area (Å²) in [6, 6.07) is 21.3. The third-order valence-electron chi connectivity index (χ3n) is 6.41. The Morgan fingerprint density at radius 2 is 1.69 bits per heavy atom. The molecule has 164 valence electrons. The molecule has 3 aromatic carbocycles. The zero-order valence-corrected chi connectivity index (χ0v) is 18.7. The first kappa shape index (κ1) is 20.7. The summed E-state index contributed by atoms with van der Waals surface area (Å²) in [7, 11) is -3.63. The normalized spacial score (nSPS) is 18.8. The highest BCUT2D eigenvalue weighted by atomic mass is 32.2. The number of likely N-dealkylation sites (tertiary alicyclic amines) is 1. The Balaban J connectivity index is 1.23. The van der Waals surface area contributed by atoms with Crippen molar-refractivity contribution in [2.24, 2.45) is 10.3 Å². The zero-order valence-electron chi connectivity index (χ0n) is 17.9. The number of amides is 1. The smallest absolute Gasteiger partial charge is 0.285 e. The molecule has 1 amide bonds. The molecule has 0 bridgehead atoms. The van der Waals surface area contributed by atoms with Crippen LogP contribution in [0.2, 0.25) is 0 Å². The maximum absolute atomic E-state index is 12.9. The number of nitrogens with zero attached hydrogens (tertiary/aromatic N) is 2. The molecular formula is C25H25N3O3S. The van der Waals surface area contributed by atoms with Crippen molar-refractivity contribution in [3.05, 3.63) is 77.9 Å². The van der Waals surface area contributed by atoms with Crippen LogP contribution in [0.5, 0.6) is 0 Å². The fraction of sp³-hybridized carbons (Fsp3) is 0.280. The number of rotatable bonds is 3. The van der Waals surface area contributed by atoms with E-state index in [2.05, 4.69) is 40.0 Å². The minimum Gasteiger partial charge on any atom is -0.355 e. The second-order valence-electron chi connectivity index (χ2n) is 8.48. The van der Waals surface area contributed by atoms with Gasteiger partial charge in [-0.05, 0) is 54.3 Å². The van der Waals surface area contributed by atoms with Crippen LogP contribution in [0.25, 0.3) is 10.8 Å². The number of piperidine rings is 1. The van der Waals surface area contributed by atoms with Gasteiger partial charge in [-0.25, -0.2) is 0 Å². The van der Waals surface area contributed by atoms with Crippen molar-refractivity contribution in [2.75, 3.05) is 13.1 Å². The molecule has 1 unspecified atom stereocenters. The molecule has 1 fully saturated rings. The van der Waals surface area contributed by atoms with Gasteiger partial charge in [-0.3, -0.25) is 4.79 Å². The number of sulfonamides is 1. The molecule has 2 aliphatic heterocycles. The van der Waals surface area contributed by atoms with E-state index in [0.717, 1.165) is 10.9 Å². The highest BCUT2D eigenvalue weighted by Gasteiger charge is 2.34. The van der Waals surface area contributed by atoms with Crippen LogP contribution < -0.4 is 5.32 Å². The standard InChI is InChI=1S/C25H25N3O3S/c1-17(20-11-10-18-6-2-3-7-21(18)16-20)26-25(29)19-12-14-28(15-13-19)24-22-8-4-5-9-23(22)32(30,31)27-24/h2-11,16-17,19H,12-15H2,1H3,(H,26,29). The van der Waals surface area contributed by atoms with Gasteiger partial charge in [-0.15, -0.1) is 4.40 Å². The maximum Gasteiger partial charge on any atom is 0.285 e. The van der Waals surface area contributed by atoms with Crippen molar-refractivity contribution in [3.63, 3.8) is 0 Å². The quantitative estimate of drug-likeness (QED) is 0.661. The maximum atomic E-state index is 12.9. The van der Waals surface area contributed by atoms with Gasteiger partial charge in [0.15, 0.2) is 5.84 Å². The lowest BCUT2D eigenvalue weighted by atomic mass is 9.94. The molecule has 0 radical (unpaired) electrons. The predicted octanol–water partition coefficient (Wildman–Crippen LogP) is 3.88. The number of hydrogen-bond donors (Lipinski definition) is 1. The molecule has 0 aliphatic carbocycles. The molecule has 1 atom stereocenters. The van der Waals surface area contributed by atoms with Crippen LogP contribution in [0.4, 0.5) is 0 Å². The van der Waals surface area contributed by atoms with E-state index in [1.807, 2.05) is 30.0 Å². The van der Waals surface area contributed by atoms with Crippen LogP contribution in [0.1, 0.15) is 36.9 Å². The Kier molecular flexibility index (Phi) is 5.21. The lowest BCUT2D eigenvalue weighted by Gasteiger charge is -2.33. The van der Waals surface area contributed by atoms with Crippen molar-refractivity contribution in [2.45, 2.75) is 30.7 Å². The molecule has 3 aromatic rings. The zero-order chi connectivity index (χ0) is 22.3. The Hall–Kier alpha value is -3.19. The second kappa shape index (κ2) is 8.06. The van der Waals surface area contributed by atoms with Crippen LogP contribution in [0.3, 0.4) is 0 Å². The molecule has 0 spiro atoms. The van der Waals surface area contributed by atoms with E-state index in [-0.39, 0.29) is 22.8 Å². The summed E-state index contributed by atoms with van der Waals surface area (Å²) in [5.41, 5.74) is 1.73. The van der Waals surface area contributed by atoms with Crippen LogP contribution in [0.15, 0.2) is 76.0 Å². The Morgan fingerprint density at radius 3 is 2.47 bits per heavy atom. The molecule has 7 heteroatoms. The fourth-order valence-electron chi connectivity index (χ4n) is 4.56. The van der Waals surface area contributed by atoms with Gasteiger partial charge in [0.05, 0.1) is 6.04 Å². The number of fused-ring (bicyclic) bond motifs is 2. The number of benzene rings is 3. The van der Waals surface area contributed by atoms with Gasteiger partial charge in [0, 0.05) is 24.6 Å². The van der Waals surface area contributed by atoms with E-state index in [9.17, 15) is 13.2 Å². The van der Waals surface area contributed by atoms with Gasteiger partial charge >= 0.3 is 0 Å². The fourth-order valence-corrected chi connectivity index (χ4v) is 5.79. The first-order valence-corrected chi connectivity index (χ1v) is 12.3. The molecule has 2 heterocycles. The molecule has 2 aliphatic rings. The highest BCUT2D eigenvalue weighted by molar-refractivity contribution is 7.90. The summed E-state index contributed by atoms with van der Waals surface area (Å²) in [6.07, 6.45) is 1.33. The molecule has 32 heavy (non-hydrogen) atoms. The van der Waals surface area contributed by atoms with E-state index in [4.69, 9.17) is 0 Å². The second-order valence-corrected chi connectivity index (χ2v) is 10.1. The lowest BCUT2D eigenvalue weighted by Crippen LogP contribution is -2.43. The van der Waals surface area contributed by atoms with Crippen molar-refractivity contribution in [1.82, 2.24) is 10.2 Å². The van der Waals surface area contributed by atoms with Gasteiger partial charge in [0.25, 0.3) is 10.0 Å². The van der Waals surface area contributed by atoms with E-state index >= 15 is 0 Å². The Bertz CT molecular complexity index is 1330. The third-order valence-corrected chi connectivity index (χ3v) is 7.74. The average Bonchev–Trinajstić information content (AvgIpc) is 3.10. The molecule has 0 aromatic heterocycles. The van der Waals surface area contributed by atoms with Crippen molar-refractivity contribution < 1.29 is 13.2 Å². The number of nitrogens with one attached hydrogen (secondary N) is 1. The monoisotopic (exact) mass is 447 g/mol. The van der Waals surface area contributed by atoms with Crippen LogP contribution in [-0.2, 0) is 14.8 Å². The molecular weight excluding hydrogens is 422 g/mol. The third kappa shape index (κ3) is 3.77. The number of carbonyl (C=O) groups is 1. The van der Waals surface area contributed by atoms with Gasteiger partial charge in [0.2, 0.25) is 5.91 Å². The Labute approximate surface area is 188 Å². The highest BCUT2D eigenvalue weighted by Crippen LogP contribution is 2.30. The van der Waals surface area contributed by atoms with Crippen LogP contribution >= 0.6 is 0 Å². The van der Waals surface area contributed by atoms with Gasteiger partial charge in [-0.1, -0.05) is 48.5 Å².